The number of carbonyl (C=O) groups is 2. The smallest absolute Gasteiger partial charge is 0.266 e. The van der Waals surface area contributed by atoms with Gasteiger partial charge < -0.3 is 15.2 Å². The first-order chi connectivity index (χ1) is 18.9. The van der Waals surface area contributed by atoms with Crippen LogP contribution < -0.4 is 10.6 Å². The van der Waals surface area contributed by atoms with Gasteiger partial charge in [-0.2, -0.15) is 5.26 Å². The maximum Gasteiger partial charge on any atom is 0.266 e. The molecule has 2 aromatic carbocycles. The normalized spacial score (nSPS) is 12.9. The molecule has 0 fully saturated rings. The number of aromatic nitrogens is 1. The first kappa shape index (κ1) is 26.5. The van der Waals surface area contributed by atoms with Gasteiger partial charge in [-0.1, -0.05) is 41.9 Å². The Balaban J connectivity index is 1.53. The topological polar surface area (TPSA) is 86.9 Å². The van der Waals surface area contributed by atoms with Crippen LogP contribution in [0.5, 0.6) is 0 Å². The van der Waals surface area contributed by atoms with E-state index in [0.29, 0.717) is 16.3 Å². The van der Waals surface area contributed by atoms with Crippen molar-refractivity contribution >= 4 is 52.2 Å². The second kappa shape index (κ2) is 11.3. The van der Waals surface area contributed by atoms with Crippen molar-refractivity contribution in [2.24, 2.45) is 0 Å². The molecule has 0 unspecified atom stereocenters. The minimum Gasteiger partial charge on any atom is -0.322 e. The number of thiophene rings is 1. The van der Waals surface area contributed by atoms with Crippen molar-refractivity contribution in [2.75, 3.05) is 10.6 Å². The molecule has 4 aromatic rings. The van der Waals surface area contributed by atoms with E-state index in [-0.39, 0.29) is 11.5 Å². The quantitative estimate of drug-likeness (QED) is 0.191. The number of fused-ring (bicyclic) bond motifs is 1. The van der Waals surface area contributed by atoms with Crippen LogP contribution in [0.25, 0.3) is 11.1 Å². The molecule has 196 valence electrons. The summed E-state index contributed by atoms with van der Waals surface area (Å²) in [5, 5.41) is 16.8. The van der Waals surface area contributed by atoms with E-state index in [1.165, 1.54) is 4.88 Å². The molecule has 0 atom stereocenters. The minimum absolute atomic E-state index is 0.0392. The summed E-state index contributed by atoms with van der Waals surface area (Å²) >= 11 is 7.83. The van der Waals surface area contributed by atoms with Crippen molar-refractivity contribution in [2.45, 2.75) is 39.5 Å². The fourth-order valence-electron chi connectivity index (χ4n) is 4.96. The van der Waals surface area contributed by atoms with Crippen LogP contribution in [0.4, 0.5) is 11.4 Å². The number of hydrogen-bond acceptors (Lipinski definition) is 4. The lowest BCUT2D eigenvalue weighted by Crippen LogP contribution is -2.17. The first-order valence-electron chi connectivity index (χ1n) is 12.7. The van der Waals surface area contributed by atoms with Gasteiger partial charge in [0.15, 0.2) is 0 Å². The number of benzene rings is 2. The second-order valence-corrected chi connectivity index (χ2v) is 11.0. The van der Waals surface area contributed by atoms with Crippen molar-refractivity contribution in [1.29, 1.82) is 5.26 Å². The molecular formula is C31H27ClN4O2S. The molecular weight excluding hydrogens is 528 g/mol. The Morgan fingerprint density at radius 2 is 1.74 bits per heavy atom. The molecule has 1 aliphatic rings. The molecule has 0 saturated heterocycles. The van der Waals surface area contributed by atoms with Crippen LogP contribution in [0.2, 0.25) is 5.02 Å². The molecule has 2 amide bonds. The molecule has 39 heavy (non-hydrogen) atoms. The maximum atomic E-state index is 13.6. The molecule has 2 N–H and O–H groups in total. The van der Waals surface area contributed by atoms with Gasteiger partial charge in [0, 0.05) is 22.0 Å². The van der Waals surface area contributed by atoms with Crippen LogP contribution in [-0.2, 0) is 17.6 Å². The number of amides is 2. The van der Waals surface area contributed by atoms with Crippen molar-refractivity contribution < 1.29 is 9.59 Å². The Morgan fingerprint density at radius 1 is 1.03 bits per heavy atom. The molecule has 0 radical (unpaired) electrons. The lowest BCUT2D eigenvalue weighted by Gasteiger charge is -2.14. The number of rotatable bonds is 6. The lowest BCUT2D eigenvalue weighted by atomic mass is 9.95. The Bertz CT molecular complexity index is 1640. The standard InChI is InChI=1S/C31H27ClN4O2S/c1-19-16-21(17-22(18-33)29(37)35-26-14-8-7-13-25(26)32)20(2)36(19)31-28(24-12-6-9-15-27(24)39-31)30(38)34-23-10-4-3-5-11-23/h3-5,7-8,10-11,13-14,16-17H,6,9,12,15H2,1-2H3,(H,34,38)(H,35,37)/b22-17-. The first-order valence-corrected chi connectivity index (χ1v) is 13.9. The number of nitrogens with zero attached hydrogens (tertiary/aromatic N) is 2. The molecule has 0 spiro atoms. The van der Waals surface area contributed by atoms with E-state index in [1.807, 2.05) is 56.3 Å². The van der Waals surface area contributed by atoms with E-state index >= 15 is 0 Å². The Morgan fingerprint density at radius 3 is 2.49 bits per heavy atom. The summed E-state index contributed by atoms with van der Waals surface area (Å²) < 4.78 is 2.07. The van der Waals surface area contributed by atoms with Gasteiger partial charge in [0.05, 0.1) is 16.3 Å². The summed E-state index contributed by atoms with van der Waals surface area (Å²) in [6.07, 6.45) is 5.58. The van der Waals surface area contributed by atoms with Crippen molar-refractivity contribution in [3.8, 4) is 11.1 Å². The van der Waals surface area contributed by atoms with E-state index in [9.17, 15) is 14.9 Å². The minimum atomic E-state index is -0.537. The molecule has 2 heterocycles. The molecule has 1 aliphatic carbocycles. The zero-order valence-electron chi connectivity index (χ0n) is 21.7. The number of anilines is 2. The molecule has 8 heteroatoms. The van der Waals surface area contributed by atoms with Crippen molar-refractivity contribution in [3.05, 3.63) is 104 Å². The summed E-state index contributed by atoms with van der Waals surface area (Å²) in [6, 6.07) is 20.3. The predicted molar refractivity (Wildman–Crippen MR) is 158 cm³/mol. The van der Waals surface area contributed by atoms with E-state index in [2.05, 4.69) is 15.2 Å². The highest BCUT2D eigenvalue weighted by Crippen LogP contribution is 2.39. The van der Waals surface area contributed by atoms with Crippen LogP contribution in [0.1, 0.15) is 50.6 Å². The Labute approximate surface area is 236 Å². The van der Waals surface area contributed by atoms with Crippen LogP contribution in [0.3, 0.4) is 0 Å². The summed E-state index contributed by atoms with van der Waals surface area (Å²) in [4.78, 5) is 27.8. The fourth-order valence-corrected chi connectivity index (χ4v) is 6.64. The SMILES string of the molecule is Cc1cc(/C=C(/C#N)C(=O)Nc2ccccc2Cl)c(C)n1-c1sc2c(c1C(=O)Nc1ccccc1)CCCC2. The van der Waals surface area contributed by atoms with Gasteiger partial charge >= 0.3 is 0 Å². The number of nitriles is 1. The maximum absolute atomic E-state index is 13.6. The Kier molecular flexibility index (Phi) is 7.69. The third-order valence-electron chi connectivity index (χ3n) is 6.87. The van der Waals surface area contributed by atoms with Gasteiger partial charge in [0.25, 0.3) is 11.8 Å². The highest BCUT2D eigenvalue weighted by Gasteiger charge is 2.28. The highest BCUT2D eigenvalue weighted by atomic mass is 35.5. The molecule has 2 aromatic heterocycles. The highest BCUT2D eigenvalue weighted by molar-refractivity contribution is 7.15. The van der Waals surface area contributed by atoms with Crippen LogP contribution in [0, 0.1) is 25.2 Å². The van der Waals surface area contributed by atoms with E-state index in [4.69, 9.17) is 11.6 Å². The number of carbonyl (C=O) groups excluding carboxylic acids is 2. The molecule has 0 bridgehead atoms. The van der Waals surface area contributed by atoms with Gasteiger partial charge in [-0.05, 0) is 87.1 Å². The van der Waals surface area contributed by atoms with Crippen LogP contribution in [-0.4, -0.2) is 16.4 Å². The summed E-state index contributed by atoms with van der Waals surface area (Å²) in [5.74, 6) is -0.665. The third kappa shape index (κ3) is 5.40. The number of nitrogens with one attached hydrogen (secondary N) is 2. The van der Waals surface area contributed by atoms with E-state index < -0.39 is 5.91 Å². The second-order valence-electron chi connectivity index (χ2n) is 9.48. The average Bonchev–Trinajstić information content (AvgIpc) is 3.44. The van der Waals surface area contributed by atoms with Crippen LogP contribution in [0.15, 0.2) is 66.2 Å². The average molecular weight is 555 g/mol. The van der Waals surface area contributed by atoms with Gasteiger partial charge in [-0.3, -0.25) is 9.59 Å². The fraction of sp³-hybridized carbons (Fsp3) is 0.194. The zero-order chi connectivity index (χ0) is 27.5. The molecule has 0 aliphatic heterocycles. The number of halogens is 1. The molecule has 6 nitrogen and oxygen atoms in total. The number of hydrogen-bond donors (Lipinski definition) is 2. The predicted octanol–water partition coefficient (Wildman–Crippen LogP) is 7.49. The van der Waals surface area contributed by atoms with Gasteiger partial charge in [0.2, 0.25) is 0 Å². The number of aryl methyl sites for hydroxylation is 2. The zero-order valence-corrected chi connectivity index (χ0v) is 23.2. The molecule has 5 rings (SSSR count). The number of para-hydroxylation sites is 2. The lowest BCUT2D eigenvalue weighted by molar-refractivity contribution is -0.112. The third-order valence-corrected chi connectivity index (χ3v) is 8.48. The van der Waals surface area contributed by atoms with Gasteiger partial charge in [-0.25, -0.2) is 0 Å². The summed E-state index contributed by atoms with van der Waals surface area (Å²) in [7, 11) is 0. The van der Waals surface area contributed by atoms with Gasteiger partial charge in [0.1, 0.15) is 16.6 Å². The largest absolute Gasteiger partial charge is 0.322 e. The van der Waals surface area contributed by atoms with Gasteiger partial charge in [-0.15, -0.1) is 11.3 Å². The monoisotopic (exact) mass is 554 g/mol. The Hall–Kier alpha value is -4.12. The van der Waals surface area contributed by atoms with Crippen molar-refractivity contribution in [1.82, 2.24) is 4.57 Å². The van der Waals surface area contributed by atoms with Crippen LogP contribution >= 0.6 is 22.9 Å². The molecule has 0 saturated carbocycles. The summed E-state index contributed by atoms with van der Waals surface area (Å²) in [5.41, 5.74) is 5.46. The van der Waals surface area contributed by atoms with Crippen molar-refractivity contribution in [3.63, 3.8) is 0 Å². The van der Waals surface area contributed by atoms with E-state index in [1.54, 1.807) is 41.7 Å². The summed E-state index contributed by atoms with van der Waals surface area (Å²) in [6.45, 7) is 3.91. The van der Waals surface area contributed by atoms with E-state index in [0.717, 1.165) is 58.9 Å².